The van der Waals surface area contributed by atoms with Crippen LogP contribution in [0, 0.1) is 0 Å². The first-order valence-electron chi connectivity index (χ1n) is 6.62. The highest BCUT2D eigenvalue weighted by atomic mass is 32.1. The Morgan fingerprint density at radius 3 is 2.90 bits per heavy atom. The SMILES string of the molecule is CCOc1ccc(NC(=O)C(N)c2cccs2)cc1CO. The first-order chi connectivity index (χ1) is 10.2. The van der Waals surface area contributed by atoms with E-state index in [1.807, 2.05) is 24.4 Å². The second-order valence-corrected chi connectivity index (χ2v) is 5.38. The second kappa shape index (κ2) is 7.21. The number of aliphatic hydroxyl groups excluding tert-OH is 1. The van der Waals surface area contributed by atoms with Crippen molar-refractivity contribution in [1.82, 2.24) is 0 Å². The predicted molar refractivity (Wildman–Crippen MR) is 83.4 cm³/mol. The number of anilines is 1. The fraction of sp³-hybridized carbons (Fsp3) is 0.267. The van der Waals surface area contributed by atoms with Crippen molar-refractivity contribution in [1.29, 1.82) is 0 Å². The van der Waals surface area contributed by atoms with Crippen molar-refractivity contribution in [3.8, 4) is 5.75 Å². The molecular weight excluding hydrogens is 288 g/mol. The number of aliphatic hydroxyl groups is 1. The molecule has 0 aliphatic carbocycles. The predicted octanol–water partition coefficient (Wildman–Crippen LogP) is 2.28. The molecule has 0 saturated carbocycles. The summed E-state index contributed by atoms with van der Waals surface area (Å²) in [6.07, 6.45) is 0. The van der Waals surface area contributed by atoms with Crippen molar-refractivity contribution in [3.63, 3.8) is 0 Å². The van der Waals surface area contributed by atoms with Crippen molar-refractivity contribution in [3.05, 3.63) is 46.2 Å². The highest BCUT2D eigenvalue weighted by Crippen LogP contribution is 2.24. The van der Waals surface area contributed by atoms with E-state index in [4.69, 9.17) is 10.5 Å². The molecule has 1 atom stereocenters. The van der Waals surface area contributed by atoms with Crippen LogP contribution in [0.15, 0.2) is 35.7 Å². The molecule has 112 valence electrons. The standard InChI is InChI=1S/C15H18N2O3S/c1-2-20-12-6-5-11(8-10(12)9-18)17-15(19)14(16)13-4-3-7-21-13/h3-8,14,18H,2,9,16H2,1H3,(H,17,19). The van der Waals surface area contributed by atoms with Gasteiger partial charge in [0.2, 0.25) is 5.91 Å². The van der Waals surface area contributed by atoms with Gasteiger partial charge in [0.25, 0.3) is 0 Å². The summed E-state index contributed by atoms with van der Waals surface area (Å²) in [5.41, 5.74) is 7.11. The minimum atomic E-state index is -0.700. The van der Waals surface area contributed by atoms with Crippen LogP contribution in [0.3, 0.4) is 0 Å². The number of nitrogens with one attached hydrogen (secondary N) is 1. The molecule has 0 bridgehead atoms. The fourth-order valence-corrected chi connectivity index (χ4v) is 2.62. The zero-order valence-electron chi connectivity index (χ0n) is 11.7. The van der Waals surface area contributed by atoms with Crippen molar-refractivity contribution in [2.45, 2.75) is 19.6 Å². The maximum Gasteiger partial charge on any atom is 0.246 e. The number of nitrogens with two attached hydrogens (primary N) is 1. The van der Waals surface area contributed by atoms with Crippen LogP contribution >= 0.6 is 11.3 Å². The number of carbonyl (C=O) groups is 1. The molecule has 5 nitrogen and oxygen atoms in total. The second-order valence-electron chi connectivity index (χ2n) is 4.40. The van der Waals surface area contributed by atoms with E-state index in [-0.39, 0.29) is 12.5 Å². The normalized spacial score (nSPS) is 12.0. The fourth-order valence-electron chi connectivity index (χ4n) is 1.89. The summed E-state index contributed by atoms with van der Waals surface area (Å²) in [6.45, 7) is 2.23. The smallest absolute Gasteiger partial charge is 0.246 e. The van der Waals surface area contributed by atoms with Gasteiger partial charge in [-0.2, -0.15) is 0 Å². The van der Waals surface area contributed by atoms with Crippen LogP contribution in [0.25, 0.3) is 0 Å². The zero-order valence-corrected chi connectivity index (χ0v) is 12.5. The topological polar surface area (TPSA) is 84.6 Å². The highest BCUT2D eigenvalue weighted by Gasteiger charge is 2.17. The van der Waals surface area contributed by atoms with Gasteiger partial charge >= 0.3 is 0 Å². The molecule has 2 rings (SSSR count). The number of thiophene rings is 1. The van der Waals surface area contributed by atoms with E-state index in [9.17, 15) is 9.90 Å². The van der Waals surface area contributed by atoms with Gasteiger partial charge in [0.15, 0.2) is 0 Å². The molecule has 0 fully saturated rings. The lowest BCUT2D eigenvalue weighted by Gasteiger charge is -2.13. The van der Waals surface area contributed by atoms with Crippen molar-refractivity contribution in [2.24, 2.45) is 5.73 Å². The molecule has 1 unspecified atom stereocenters. The molecular formula is C15H18N2O3S. The van der Waals surface area contributed by atoms with E-state index in [0.717, 1.165) is 4.88 Å². The van der Waals surface area contributed by atoms with Gasteiger partial charge < -0.3 is 20.9 Å². The molecule has 0 saturated heterocycles. The third-order valence-electron chi connectivity index (χ3n) is 2.93. The van der Waals surface area contributed by atoms with Crippen LogP contribution in [-0.2, 0) is 11.4 Å². The number of hydrogen-bond donors (Lipinski definition) is 3. The van der Waals surface area contributed by atoms with Crippen LogP contribution in [0.2, 0.25) is 0 Å². The number of benzene rings is 1. The summed E-state index contributed by atoms with van der Waals surface area (Å²) in [4.78, 5) is 12.9. The summed E-state index contributed by atoms with van der Waals surface area (Å²) >= 11 is 1.44. The Kier molecular flexibility index (Phi) is 5.32. The molecule has 0 radical (unpaired) electrons. The van der Waals surface area contributed by atoms with Crippen molar-refractivity contribution in [2.75, 3.05) is 11.9 Å². The van der Waals surface area contributed by atoms with Crippen molar-refractivity contribution >= 4 is 22.9 Å². The van der Waals surface area contributed by atoms with E-state index in [0.29, 0.717) is 23.6 Å². The number of amides is 1. The lowest BCUT2D eigenvalue weighted by molar-refractivity contribution is -0.117. The van der Waals surface area contributed by atoms with Crippen LogP contribution in [0.1, 0.15) is 23.4 Å². The Morgan fingerprint density at radius 2 is 2.29 bits per heavy atom. The largest absolute Gasteiger partial charge is 0.494 e. The third kappa shape index (κ3) is 3.81. The molecule has 0 spiro atoms. The summed E-state index contributed by atoms with van der Waals surface area (Å²) in [6, 6.07) is 8.11. The van der Waals surface area contributed by atoms with Crippen molar-refractivity contribution < 1.29 is 14.6 Å². The zero-order chi connectivity index (χ0) is 15.2. The molecule has 21 heavy (non-hydrogen) atoms. The minimum Gasteiger partial charge on any atom is -0.494 e. The highest BCUT2D eigenvalue weighted by molar-refractivity contribution is 7.10. The average molecular weight is 306 g/mol. The van der Waals surface area contributed by atoms with Gasteiger partial charge in [0.1, 0.15) is 11.8 Å². The Labute approximate surface area is 127 Å². The molecule has 2 aromatic rings. The third-order valence-corrected chi connectivity index (χ3v) is 3.89. The lowest BCUT2D eigenvalue weighted by atomic mass is 10.1. The average Bonchev–Trinajstić information content (AvgIpc) is 3.02. The van der Waals surface area contributed by atoms with Gasteiger partial charge in [-0.15, -0.1) is 11.3 Å². The molecule has 1 heterocycles. The van der Waals surface area contributed by atoms with Crippen LogP contribution in [-0.4, -0.2) is 17.6 Å². The Morgan fingerprint density at radius 1 is 1.48 bits per heavy atom. The first kappa shape index (κ1) is 15.5. The number of ether oxygens (including phenoxy) is 1. The number of carbonyl (C=O) groups excluding carboxylic acids is 1. The summed E-state index contributed by atoms with van der Waals surface area (Å²) in [5.74, 6) is 0.325. The van der Waals surface area contributed by atoms with E-state index in [2.05, 4.69) is 5.32 Å². The van der Waals surface area contributed by atoms with Crippen LogP contribution in [0.4, 0.5) is 5.69 Å². The van der Waals surface area contributed by atoms with Gasteiger partial charge in [0.05, 0.1) is 13.2 Å². The number of rotatable bonds is 6. The molecule has 1 amide bonds. The van der Waals surface area contributed by atoms with Gasteiger partial charge in [0, 0.05) is 16.1 Å². The maximum absolute atomic E-state index is 12.1. The molecule has 4 N–H and O–H groups in total. The minimum absolute atomic E-state index is 0.157. The van der Waals surface area contributed by atoms with E-state index in [1.54, 1.807) is 18.2 Å². The van der Waals surface area contributed by atoms with Gasteiger partial charge in [-0.25, -0.2) is 0 Å². The Hall–Kier alpha value is -1.89. The first-order valence-corrected chi connectivity index (χ1v) is 7.50. The van der Waals surface area contributed by atoms with E-state index in [1.165, 1.54) is 11.3 Å². The van der Waals surface area contributed by atoms with Crippen LogP contribution < -0.4 is 15.8 Å². The van der Waals surface area contributed by atoms with E-state index < -0.39 is 6.04 Å². The molecule has 0 aliphatic heterocycles. The summed E-state index contributed by atoms with van der Waals surface area (Å²) < 4.78 is 5.40. The lowest BCUT2D eigenvalue weighted by Crippen LogP contribution is -2.27. The summed E-state index contributed by atoms with van der Waals surface area (Å²) in [7, 11) is 0. The van der Waals surface area contributed by atoms with Gasteiger partial charge in [-0.1, -0.05) is 6.07 Å². The number of hydrogen-bond acceptors (Lipinski definition) is 5. The Bertz CT molecular complexity index is 599. The maximum atomic E-state index is 12.1. The van der Waals surface area contributed by atoms with Gasteiger partial charge in [-0.05, 0) is 36.6 Å². The Balaban J connectivity index is 2.10. The summed E-state index contributed by atoms with van der Waals surface area (Å²) in [5, 5.41) is 14.0. The monoisotopic (exact) mass is 306 g/mol. The molecule has 1 aromatic heterocycles. The van der Waals surface area contributed by atoms with Crippen LogP contribution in [0.5, 0.6) is 5.75 Å². The molecule has 1 aromatic carbocycles. The molecule has 0 aliphatic rings. The van der Waals surface area contributed by atoms with Gasteiger partial charge in [-0.3, -0.25) is 4.79 Å². The molecule has 6 heteroatoms. The van der Waals surface area contributed by atoms with E-state index >= 15 is 0 Å². The quantitative estimate of drug-likeness (QED) is 0.764.